The zero-order valence-electron chi connectivity index (χ0n) is 11.2. The predicted molar refractivity (Wildman–Crippen MR) is 74.3 cm³/mol. The Kier molecular flexibility index (Phi) is 5.03. The van der Waals surface area contributed by atoms with Crippen LogP contribution in [-0.4, -0.2) is 23.3 Å². The van der Waals surface area contributed by atoms with Gasteiger partial charge < -0.3 is 20.9 Å². The van der Waals surface area contributed by atoms with E-state index >= 15 is 0 Å². The summed E-state index contributed by atoms with van der Waals surface area (Å²) in [5.41, 5.74) is 5.84. The van der Waals surface area contributed by atoms with E-state index in [1.807, 2.05) is 0 Å². The van der Waals surface area contributed by atoms with Crippen molar-refractivity contribution >= 4 is 17.7 Å². The van der Waals surface area contributed by atoms with Crippen molar-refractivity contribution in [1.82, 2.24) is 5.32 Å². The molecule has 6 heteroatoms. The van der Waals surface area contributed by atoms with Crippen molar-refractivity contribution in [2.75, 3.05) is 6.54 Å². The number of carbonyl (C=O) groups is 1. The van der Waals surface area contributed by atoms with Gasteiger partial charge >= 0.3 is 6.09 Å². The Morgan fingerprint density at radius 3 is 2.68 bits per heavy atom. The van der Waals surface area contributed by atoms with Crippen LogP contribution in [-0.2, 0) is 4.74 Å². The fraction of sp³-hybridized carbons (Fsp3) is 0.462. The first-order valence-corrected chi connectivity index (χ1v) is 6.27. The molecule has 0 radical (unpaired) electrons. The highest BCUT2D eigenvalue weighted by Crippen LogP contribution is 2.25. The van der Waals surface area contributed by atoms with Crippen LogP contribution in [0.2, 0.25) is 5.02 Å². The molecule has 1 rings (SSSR count). The standard InChI is InChI=1S/C13H19ClN2O3/c1-13(2,3)19-12(18)16-7-10(15)9-5-4-8(14)6-11(9)17/h4-6,10,17H,7,15H2,1-3H3,(H,16,18). The number of amides is 1. The van der Waals surface area contributed by atoms with Crippen molar-refractivity contribution in [2.45, 2.75) is 32.4 Å². The second-order valence-corrected chi connectivity index (χ2v) is 5.63. The predicted octanol–water partition coefficient (Wildman–Crippen LogP) is 2.57. The van der Waals surface area contributed by atoms with Crippen LogP contribution in [0.3, 0.4) is 0 Å². The number of alkyl carbamates (subject to hydrolysis) is 1. The van der Waals surface area contributed by atoms with Gasteiger partial charge in [0.2, 0.25) is 0 Å². The highest BCUT2D eigenvalue weighted by molar-refractivity contribution is 6.30. The number of carbonyl (C=O) groups excluding carboxylic acids is 1. The SMILES string of the molecule is CC(C)(C)OC(=O)NCC(N)c1ccc(Cl)cc1O. The summed E-state index contributed by atoms with van der Waals surface area (Å²) in [5, 5.41) is 12.7. The van der Waals surface area contributed by atoms with E-state index < -0.39 is 17.7 Å². The molecule has 0 saturated heterocycles. The third kappa shape index (κ3) is 5.36. The fourth-order valence-electron chi connectivity index (χ4n) is 1.45. The molecule has 4 N–H and O–H groups in total. The summed E-state index contributed by atoms with van der Waals surface area (Å²) in [5.74, 6) is 0.00555. The molecule has 0 aromatic heterocycles. The minimum atomic E-state index is -0.559. The summed E-state index contributed by atoms with van der Waals surface area (Å²) < 4.78 is 5.08. The molecule has 0 heterocycles. The largest absolute Gasteiger partial charge is 0.508 e. The lowest BCUT2D eigenvalue weighted by Gasteiger charge is -2.21. The molecule has 1 aromatic carbocycles. The Balaban J connectivity index is 2.56. The molecule has 0 fully saturated rings. The number of aromatic hydroxyl groups is 1. The molecule has 106 valence electrons. The van der Waals surface area contributed by atoms with Gasteiger partial charge in [-0.3, -0.25) is 0 Å². The van der Waals surface area contributed by atoms with Crippen molar-refractivity contribution in [1.29, 1.82) is 0 Å². The fourth-order valence-corrected chi connectivity index (χ4v) is 1.61. The van der Waals surface area contributed by atoms with E-state index in [4.69, 9.17) is 22.1 Å². The van der Waals surface area contributed by atoms with Crippen LogP contribution < -0.4 is 11.1 Å². The van der Waals surface area contributed by atoms with Gasteiger partial charge in [0.25, 0.3) is 0 Å². The average Bonchev–Trinajstić information content (AvgIpc) is 2.23. The van der Waals surface area contributed by atoms with Gasteiger partial charge in [-0.1, -0.05) is 17.7 Å². The quantitative estimate of drug-likeness (QED) is 0.797. The number of phenolic OH excluding ortho intramolecular Hbond substituents is 1. The Labute approximate surface area is 117 Å². The summed E-state index contributed by atoms with van der Waals surface area (Å²) in [7, 11) is 0. The van der Waals surface area contributed by atoms with Gasteiger partial charge in [-0.25, -0.2) is 4.79 Å². The van der Waals surface area contributed by atoms with Gasteiger partial charge in [0.15, 0.2) is 0 Å². The minimum absolute atomic E-state index is 0.00555. The third-order valence-corrected chi connectivity index (χ3v) is 2.49. The summed E-state index contributed by atoms with van der Waals surface area (Å²) in [6.07, 6.45) is -0.545. The summed E-state index contributed by atoms with van der Waals surface area (Å²) in [6, 6.07) is 4.12. The highest BCUT2D eigenvalue weighted by atomic mass is 35.5. The van der Waals surface area contributed by atoms with Crippen LogP contribution >= 0.6 is 11.6 Å². The maximum atomic E-state index is 11.5. The van der Waals surface area contributed by atoms with Gasteiger partial charge in [-0.05, 0) is 32.9 Å². The number of hydrogen-bond donors (Lipinski definition) is 3. The molecule has 0 aliphatic rings. The zero-order chi connectivity index (χ0) is 14.6. The highest BCUT2D eigenvalue weighted by Gasteiger charge is 2.17. The van der Waals surface area contributed by atoms with E-state index in [1.165, 1.54) is 6.07 Å². The van der Waals surface area contributed by atoms with Gasteiger partial charge in [0, 0.05) is 17.1 Å². The van der Waals surface area contributed by atoms with E-state index in [1.54, 1.807) is 32.9 Å². The van der Waals surface area contributed by atoms with Crippen LogP contribution in [0.4, 0.5) is 4.79 Å². The lowest BCUT2D eigenvalue weighted by molar-refractivity contribution is 0.0524. The van der Waals surface area contributed by atoms with E-state index in [0.717, 1.165) is 0 Å². The van der Waals surface area contributed by atoms with E-state index in [-0.39, 0.29) is 12.3 Å². The van der Waals surface area contributed by atoms with Gasteiger partial charge in [-0.15, -0.1) is 0 Å². The third-order valence-electron chi connectivity index (χ3n) is 2.26. The Hall–Kier alpha value is -1.46. The van der Waals surface area contributed by atoms with Crippen molar-refractivity contribution in [3.8, 4) is 5.75 Å². The van der Waals surface area contributed by atoms with Crippen molar-refractivity contribution in [3.63, 3.8) is 0 Å². The first-order valence-electron chi connectivity index (χ1n) is 5.90. The molecule has 0 aliphatic carbocycles. The van der Waals surface area contributed by atoms with E-state index in [0.29, 0.717) is 10.6 Å². The van der Waals surface area contributed by atoms with Crippen molar-refractivity contribution in [3.05, 3.63) is 28.8 Å². The van der Waals surface area contributed by atoms with E-state index in [2.05, 4.69) is 5.32 Å². The smallest absolute Gasteiger partial charge is 0.407 e. The van der Waals surface area contributed by atoms with Crippen LogP contribution in [0.5, 0.6) is 5.75 Å². The zero-order valence-corrected chi connectivity index (χ0v) is 12.0. The average molecular weight is 287 g/mol. The van der Waals surface area contributed by atoms with Crippen LogP contribution in [0.1, 0.15) is 32.4 Å². The molecule has 1 amide bonds. The minimum Gasteiger partial charge on any atom is -0.508 e. The number of benzene rings is 1. The molecule has 0 bridgehead atoms. The lowest BCUT2D eigenvalue weighted by Crippen LogP contribution is -2.36. The van der Waals surface area contributed by atoms with Crippen LogP contribution in [0.25, 0.3) is 0 Å². The van der Waals surface area contributed by atoms with Gasteiger partial charge in [0.05, 0.1) is 6.04 Å². The van der Waals surface area contributed by atoms with Crippen molar-refractivity contribution in [2.24, 2.45) is 5.73 Å². The molecule has 5 nitrogen and oxygen atoms in total. The molecule has 0 spiro atoms. The van der Waals surface area contributed by atoms with E-state index in [9.17, 15) is 9.90 Å². The second-order valence-electron chi connectivity index (χ2n) is 5.19. The number of hydrogen-bond acceptors (Lipinski definition) is 4. The topological polar surface area (TPSA) is 84.6 Å². The van der Waals surface area contributed by atoms with Crippen molar-refractivity contribution < 1.29 is 14.6 Å². The number of phenols is 1. The Morgan fingerprint density at radius 1 is 1.53 bits per heavy atom. The monoisotopic (exact) mass is 286 g/mol. The second kappa shape index (κ2) is 6.12. The number of ether oxygens (including phenoxy) is 1. The maximum absolute atomic E-state index is 11.5. The molecule has 1 atom stereocenters. The summed E-state index contributed by atoms with van der Waals surface area (Å²) in [6.45, 7) is 5.48. The first-order chi connectivity index (χ1) is 8.69. The summed E-state index contributed by atoms with van der Waals surface area (Å²) >= 11 is 5.73. The van der Waals surface area contributed by atoms with Gasteiger partial charge in [0.1, 0.15) is 11.4 Å². The molecule has 1 unspecified atom stereocenters. The maximum Gasteiger partial charge on any atom is 0.407 e. The number of nitrogens with one attached hydrogen (secondary N) is 1. The normalized spacial score (nSPS) is 12.9. The number of nitrogens with two attached hydrogens (primary N) is 1. The molecule has 19 heavy (non-hydrogen) atoms. The molecule has 0 saturated carbocycles. The Bertz CT molecular complexity index is 458. The number of rotatable bonds is 3. The molecule has 1 aromatic rings. The first kappa shape index (κ1) is 15.6. The van der Waals surface area contributed by atoms with Crippen LogP contribution in [0, 0.1) is 0 Å². The summed E-state index contributed by atoms with van der Waals surface area (Å²) in [4.78, 5) is 11.5. The van der Waals surface area contributed by atoms with Crippen LogP contribution in [0.15, 0.2) is 18.2 Å². The lowest BCUT2D eigenvalue weighted by atomic mass is 10.1. The Morgan fingerprint density at radius 2 is 2.16 bits per heavy atom. The van der Waals surface area contributed by atoms with Gasteiger partial charge in [-0.2, -0.15) is 0 Å². The number of halogens is 1. The molecular weight excluding hydrogens is 268 g/mol. The molecular formula is C13H19ClN2O3. The molecule has 0 aliphatic heterocycles.